The molecule has 0 aliphatic carbocycles. The highest BCUT2D eigenvalue weighted by atomic mass is 15.2. The van der Waals surface area contributed by atoms with Crippen LogP contribution in [-0.4, -0.2) is 0 Å². The van der Waals surface area contributed by atoms with Crippen LogP contribution in [0.2, 0.25) is 0 Å². The Kier molecular flexibility index (Phi) is 3.30. The van der Waals surface area contributed by atoms with Gasteiger partial charge in [0.1, 0.15) is 0 Å². The molecule has 2 aromatic carbocycles. The Morgan fingerprint density at radius 2 is 1.76 bits per heavy atom. The molecule has 3 heteroatoms. The average molecular weight is 227 g/mol. The van der Waals surface area contributed by atoms with E-state index in [2.05, 4.69) is 24.5 Å². The van der Waals surface area contributed by atoms with Gasteiger partial charge in [0.2, 0.25) is 0 Å². The average Bonchev–Trinajstić information content (AvgIpc) is 2.39. The van der Waals surface area contributed by atoms with Crippen molar-refractivity contribution in [2.45, 2.75) is 12.8 Å². The minimum Gasteiger partial charge on any atom is -0.399 e. The quantitative estimate of drug-likeness (QED) is 0.429. The predicted molar refractivity (Wildman–Crippen MR) is 72.6 cm³/mol. The summed E-state index contributed by atoms with van der Waals surface area (Å²) in [5.41, 5.74) is 12.6. The van der Waals surface area contributed by atoms with Gasteiger partial charge >= 0.3 is 0 Å². The summed E-state index contributed by atoms with van der Waals surface area (Å²) in [5, 5.41) is 0. The lowest BCUT2D eigenvalue weighted by atomic mass is 9.91. The smallest absolute Gasteiger partial charge is 0.0524 e. The van der Waals surface area contributed by atoms with Crippen molar-refractivity contribution in [3.63, 3.8) is 0 Å². The molecule has 0 spiro atoms. The molecule has 1 unspecified atom stereocenters. The number of benzene rings is 2. The number of hydrazine groups is 1. The molecule has 0 aliphatic heterocycles. The van der Waals surface area contributed by atoms with E-state index in [1.165, 1.54) is 5.56 Å². The van der Waals surface area contributed by atoms with Crippen LogP contribution in [0.15, 0.2) is 48.5 Å². The van der Waals surface area contributed by atoms with Crippen molar-refractivity contribution in [1.82, 2.24) is 0 Å². The lowest BCUT2D eigenvalue weighted by Crippen LogP contribution is -2.11. The lowest BCUT2D eigenvalue weighted by Gasteiger charge is -2.17. The van der Waals surface area contributed by atoms with Gasteiger partial charge in [-0.05, 0) is 29.3 Å². The normalized spacial score (nSPS) is 12.1. The molecule has 2 aromatic rings. The fourth-order valence-electron chi connectivity index (χ4n) is 1.99. The van der Waals surface area contributed by atoms with Gasteiger partial charge in [-0.3, -0.25) is 5.84 Å². The van der Waals surface area contributed by atoms with Crippen LogP contribution >= 0.6 is 0 Å². The predicted octanol–water partition coefficient (Wildman–Crippen LogP) is 2.71. The first kappa shape index (κ1) is 11.5. The van der Waals surface area contributed by atoms with E-state index in [0.29, 0.717) is 0 Å². The van der Waals surface area contributed by atoms with Crippen LogP contribution in [-0.2, 0) is 0 Å². The van der Waals surface area contributed by atoms with E-state index >= 15 is 0 Å². The Labute approximate surface area is 101 Å². The van der Waals surface area contributed by atoms with Gasteiger partial charge in [-0.2, -0.15) is 0 Å². The molecule has 0 saturated heterocycles. The molecule has 0 amide bonds. The molecule has 0 radical (unpaired) electrons. The van der Waals surface area contributed by atoms with E-state index in [1.54, 1.807) is 0 Å². The third-order valence-electron chi connectivity index (χ3n) is 3.00. The summed E-state index contributed by atoms with van der Waals surface area (Å²) in [6.07, 6.45) is 0. The van der Waals surface area contributed by atoms with E-state index in [9.17, 15) is 0 Å². The standard InChI is InChI=1S/C14H17N3/c1-10(11-5-3-2-4-6-11)13-9-12(15)7-8-14(13)17-16/h2-10,17H,15-16H2,1H3. The van der Waals surface area contributed by atoms with Crippen LogP contribution in [0.4, 0.5) is 11.4 Å². The molecule has 5 N–H and O–H groups in total. The molecule has 0 heterocycles. The number of nitrogens with two attached hydrogens (primary N) is 2. The maximum absolute atomic E-state index is 5.83. The van der Waals surface area contributed by atoms with Crippen molar-refractivity contribution in [3.8, 4) is 0 Å². The van der Waals surface area contributed by atoms with Crippen molar-refractivity contribution in [1.29, 1.82) is 0 Å². The first-order valence-corrected chi connectivity index (χ1v) is 5.63. The number of rotatable bonds is 3. The Hall–Kier alpha value is -2.00. The first-order valence-electron chi connectivity index (χ1n) is 5.63. The summed E-state index contributed by atoms with van der Waals surface area (Å²) in [7, 11) is 0. The zero-order valence-electron chi connectivity index (χ0n) is 9.85. The molecular formula is C14H17N3. The fourth-order valence-corrected chi connectivity index (χ4v) is 1.99. The van der Waals surface area contributed by atoms with E-state index in [-0.39, 0.29) is 5.92 Å². The highest BCUT2D eigenvalue weighted by molar-refractivity contribution is 5.60. The third-order valence-corrected chi connectivity index (χ3v) is 3.00. The SMILES string of the molecule is CC(c1ccccc1)c1cc(N)ccc1NN. The monoisotopic (exact) mass is 227 g/mol. The van der Waals surface area contributed by atoms with Gasteiger partial charge in [0, 0.05) is 11.6 Å². The molecule has 17 heavy (non-hydrogen) atoms. The van der Waals surface area contributed by atoms with E-state index < -0.39 is 0 Å². The van der Waals surface area contributed by atoms with Crippen LogP contribution in [0.5, 0.6) is 0 Å². The van der Waals surface area contributed by atoms with Crippen molar-refractivity contribution < 1.29 is 0 Å². The summed E-state index contributed by atoms with van der Waals surface area (Å²) in [6.45, 7) is 2.14. The van der Waals surface area contributed by atoms with E-state index in [4.69, 9.17) is 11.6 Å². The van der Waals surface area contributed by atoms with Crippen molar-refractivity contribution >= 4 is 11.4 Å². The summed E-state index contributed by atoms with van der Waals surface area (Å²) < 4.78 is 0. The van der Waals surface area contributed by atoms with Crippen LogP contribution in [0.3, 0.4) is 0 Å². The zero-order chi connectivity index (χ0) is 12.3. The van der Waals surface area contributed by atoms with Gasteiger partial charge in [0.05, 0.1) is 5.69 Å². The van der Waals surface area contributed by atoms with Crippen LogP contribution in [0.25, 0.3) is 0 Å². The molecule has 0 saturated carbocycles. The molecule has 0 fully saturated rings. The maximum Gasteiger partial charge on any atom is 0.0524 e. The Morgan fingerprint density at radius 3 is 2.41 bits per heavy atom. The van der Waals surface area contributed by atoms with Gasteiger partial charge in [-0.1, -0.05) is 37.3 Å². The largest absolute Gasteiger partial charge is 0.399 e. The Morgan fingerprint density at radius 1 is 1.06 bits per heavy atom. The number of nitrogen functional groups attached to an aromatic ring is 2. The second kappa shape index (κ2) is 4.89. The van der Waals surface area contributed by atoms with Gasteiger partial charge in [-0.15, -0.1) is 0 Å². The Bertz CT molecular complexity index is 494. The highest BCUT2D eigenvalue weighted by Crippen LogP contribution is 2.30. The first-order chi connectivity index (χ1) is 8.22. The Balaban J connectivity index is 2.43. The summed E-state index contributed by atoms with van der Waals surface area (Å²) in [4.78, 5) is 0. The third kappa shape index (κ3) is 2.40. The van der Waals surface area contributed by atoms with Crippen LogP contribution < -0.4 is 17.0 Å². The molecule has 3 nitrogen and oxygen atoms in total. The molecule has 0 bridgehead atoms. The minimum absolute atomic E-state index is 0.255. The molecule has 2 rings (SSSR count). The summed E-state index contributed by atoms with van der Waals surface area (Å²) in [6, 6.07) is 16.0. The summed E-state index contributed by atoms with van der Waals surface area (Å²) >= 11 is 0. The fraction of sp³-hybridized carbons (Fsp3) is 0.143. The molecule has 0 aliphatic rings. The molecule has 0 aromatic heterocycles. The van der Waals surface area contributed by atoms with Crippen LogP contribution in [0.1, 0.15) is 24.0 Å². The molecule has 88 valence electrons. The van der Waals surface area contributed by atoms with Crippen molar-refractivity contribution in [2.24, 2.45) is 5.84 Å². The van der Waals surface area contributed by atoms with Gasteiger partial charge in [0.25, 0.3) is 0 Å². The minimum atomic E-state index is 0.255. The topological polar surface area (TPSA) is 64.1 Å². The van der Waals surface area contributed by atoms with Crippen molar-refractivity contribution in [2.75, 3.05) is 11.2 Å². The zero-order valence-corrected chi connectivity index (χ0v) is 9.85. The van der Waals surface area contributed by atoms with Gasteiger partial charge < -0.3 is 11.2 Å². The number of hydrogen-bond donors (Lipinski definition) is 3. The summed E-state index contributed by atoms with van der Waals surface area (Å²) in [5.74, 6) is 5.78. The number of hydrogen-bond acceptors (Lipinski definition) is 3. The molecule has 1 atom stereocenters. The number of nitrogens with one attached hydrogen (secondary N) is 1. The second-order valence-electron chi connectivity index (χ2n) is 4.12. The lowest BCUT2D eigenvalue weighted by molar-refractivity contribution is 0.922. The van der Waals surface area contributed by atoms with Gasteiger partial charge in [0.15, 0.2) is 0 Å². The number of anilines is 2. The van der Waals surface area contributed by atoms with Gasteiger partial charge in [-0.25, -0.2) is 0 Å². The second-order valence-corrected chi connectivity index (χ2v) is 4.12. The molecular weight excluding hydrogens is 210 g/mol. The van der Waals surface area contributed by atoms with E-state index in [1.807, 2.05) is 36.4 Å². The van der Waals surface area contributed by atoms with Crippen LogP contribution in [0, 0.1) is 0 Å². The van der Waals surface area contributed by atoms with Crippen molar-refractivity contribution in [3.05, 3.63) is 59.7 Å². The maximum atomic E-state index is 5.83. The van der Waals surface area contributed by atoms with E-state index in [0.717, 1.165) is 16.9 Å². The highest BCUT2D eigenvalue weighted by Gasteiger charge is 2.12.